The molecule has 2 aromatic heterocycles. The number of carbonyl (C=O) groups is 4. The number of benzene rings is 1. The largest absolute Gasteiger partial charge is 0.338 e. The Labute approximate surface area is 296 Å². The van der Waals surface area contributed by atoms with E-state index >= 15 is 0 Å². The molecule has 4 amide bonds. The molecule has 3 aromatic rings. The molecule has 0 spiro atoms. The fraction of sp³-hybridized carbons (Fsp3) is 0.400. The lowest BCUT2D eigenvalue weighted by atomic mass is 10.1. The number of rotatable bonds is 12. The number of nitrogens with zero attached hydrogens (tertiary/aromatic N) is 6. The summed E-state index contributed by atoms with van der Waals surface area (Å²) in [5, 5.41) is 0. The number of hydrogen-bond donors (Lipinski definition) is 0. The second kappa shape index (κ2) is 18.9. The first kappa shape index (κ1) is 39.0. The molecule has 0 atom stereocenters. The van der Waals surface area contributed by atoms with Gasteiger partial charge in [0.05, 0.1) is 0 Å². The Bertz CT molecular complexity index is 1600. The number of pyridine rings is 2. The number of hydrogen-bond acceptors (Lipinski definition) is 6. The highest BCUT2D eigenvalue weighted by molar-refractivity contribution is 5.98. The van der Waals surface area contributed by atoms with Gasteiger partial charge in [-0.05, 0) is 97.9 Å². The third kappa shape index (κ3) is 9.79. The van der Waals surface area contributed by atoms with Crippen LogP contribution in [0.2, 0.25) is 0 Å². The molecule has 0 aliphatic rings. The highest BCUT2D eigenvalue weighted by atomic mass is 16.2. The second-order valence-electron chi connectivity index (χ2n) is 11.2. The third-order valence-corrected chi connectivity index (χ3v) is 8.29. The summed E-state index contributed by atoms with van der Waals surface area (Å²) in [6.45, 7) is 19.3. The lowest BCUT2D eigenvalue weighted by molar-refractivity contribution is 0.0744. The molecule has 262 valence electrons. The van der Waals surface area contributed by atoms with E-state index in [1.54, 1.807) is 43.9 Å². The Morgan fingerprint density at radius 2 is 0.660 bits per heavy atom. The number of aromatic nitrogens is 2. The van der Waals surface area contributed by atoms with E-state index in [-0.39, 0.29) is 46.4 Å². The topological polar surface area (TPSA) is 107 Å². The normalized spacial score (nSPS) is 10.2. The summed E-state index contributed by atoms with van der Waals surface area (Å²) < 4.78 is 0. The SMILES string of the molecule is CCN(CC)C(=O)c1cc(C#Cc2cccc(C#Cc3cc(C(=O)N(CC)CC)nc(C(=O)N(CC)CC)c3)c2)cc(C(=O)N(CC)CC)n1. The minimum Gasteiger partial charge on any atom is -0.338 e. The van der Waals surface area contributed by atoms with Crippen LogP contribution in [0.15, 0.2) is 48.5 Å². The Balaban J connectivity index is 2.04. The van der Waals surface area contributed by atoms with E-state index in [1.807, 2.05) is 79.7 Å². The van der Waals surface area contributed by atoms with Crippen LogP contribution in [0.5, 0.6) is 0 Å². The van der Waals surface area contributed by atoms with E-state index in [4.69, 9.17) is 0 Å². The van der Waals surface area contributed by atoms with Crippen molar-refractivity contribution < 1.29 is 19.2 Å². The van der Waals surface area contributed by atoms with E-state index in [9.17, 15) is 19.2 Å². The van der Waals surface area contributed by atoms with Crippen LogP contribution in [0.4, 0.5) is 0 Å². The average Bonchev–Trinajstić information content (AvgIpc) is 3.14. The molecule has 0 aliphatic heterocycles. The Morgan fingerprint density at radius 3 is 0.900 bits per heavy atom. The first-order valence-electron chi connectivity index (χ1n) is 17.4. The van der Waals surface area contributed by atoms with E-state index in [0.717, 1.165) is 0 Å². The van der Waals surface area contributed by atoms with E-state index in [0.29, 0.717) is 74.6 Å². The van der Waals surface area contributed by atoms with Gasteiger partial charge in [0.2, 0.25) is 0 Å². The van der Waals surface area contributed by atoms with Crippen molar-refractivity contribution in [2.45, 2.75) is 55.4 Å². The molecule has 3 rings (SSSR count). The van der Waals surface area contributed by atoms with Crippen molar-refractivity contribution in [3.8, 4) is 23.7 Å². The van der Waals surface area contributed by atoms with Crippen LogP contribution >= 0.6 is 0 Å². The lowest BCUT2D eigenvalue weighted by Crippen LogP contribution is -2.33. The second-order valence-corrected chi connectivity index (χ2v) is 11.2. The van der Waals surface area contributed by atoms with Crippen molar-refractivity contribution in [2.24, 2.45) is 0 Å². The molecular weight excluding hydrogens is 628 g/mol. The molecule has 50 heavy (non-hydrogen) atoms. The fourth-order valence-corrected chi connectivity index (χ4v) is 5.30. The summed E-state index contributed by atoms with van der Waals surface area (Å²) in [4.78, 5) is 68.4. The van der Waals surface area contributed by atoms with Crippen LogP contribution < -0.4 is 0 Å². The van der Waals surface area contributed by atoms with E-state index in [2.05, 4.69) is 33.6 Å². The maximum absolute atomic E-state index is 13.2. The van der Waals surface area contributed by atoms with Gasteiger partial charge in [-0.25, -0.2) is 9.97 Å². The zero-order valence-electron chi connectivity index (χ0n) is 30.6. The van der Waals surface area contributed by atoms with Gasteiger partial charge in [-0.2, -0.15) is 0 Å². The summed E-state index contributed by atoms with van der Waals surface area (Å²) in [6, 6.07) is 13.8. The first-order valence-corrected chi connectivity index (χ1v) is 17.4. The maximum atomic E-state index is 13.2. The van der Waals surface area contributed by atoms with Gasteiger partial charge in [-0.3, -0.25) is 19.2 Å². The van der Waals surface area contributed by atoms with Crippen LogP contribution in [-0.4, -0.2) is 106 Å². The van der Waals surface area contributed by atoms with Gasteiger partial charge in [0.25, 0.3) is 23.6 Å². The van der Waals surface area contributed by atoms with Crippen LogP contribution in [0.3, 0.4) is 0 Å². The third-order valence-electron chi connectivity index (χ3n) is 8.29. The van der Waals surface area contributed by atoms with Crippen LogP contribution in [-0.2, 0) is 0 Å². The monoisotopic (exact) mass is 676 g/mol. The fourth-order valence-electron chi connectivity index (χ4n) is 5.30. The van der Waals surface area contributed by atoms with Crippen LogP contribution in [0.25, 0.3) is 0 Å². The summed E-state index contributed by atoms with van der Waals surface area (Å²) in [7, 11) is 0. The minimum atomic E-state index is -0.260. The highest BCUT2D eigenvalue weighted by Crippen LogP contribution is 2.14. The van der Waals surface area contributed by atoms with Crippen molar-refractivity contribution in [1.82, 2.24) is 29.6 Å². The zero-order chi connectivity index (χ0) is 36.8. The number of carbonyl (C=O) groups excluding carboxylic acids is 4. The average molecular weight is 677 g/mol. The van der Waals surface area contributed by atoms with Gasteiger partial charge >= 0.3 is 0 Å². The highest BCUT2D eigenvalue weighted by Gasteiger charge is 2.22. The van der Waals surface area contributed by atoms with Crippen LogP contribution in [0.1, 0.15) is 120 Å². The molecule has 10 nitrogen and oxygen atoms in total. The van der Waals surface area contributed by atoms with Gasteiger partial charge in [0.1, 0.15) is 22.8 Å². The molecule has 1 aromatic carbocycles. The molecule has 0 saturated heterocycles. The molecule has 0 bridgehead atoms. The van der Waals surface area contributed by atoms with Gasteiger partial charge in [0.15, 0.2) is 0 Å². The van der Waals surface area contributed by atoms with Gasteiger partial charge in [-0.15, -0.1) is 0 Å². The van der Waals surface area contributed by atoms with Gasteiger partial charge < -0.3 is 19.6 Å². The summed E-state index contributed by atoms with van der Waals surface area (Å²) in [6.07, 6.45) is 0. The predicted octanol–water partition coefficient (Wildman–Crippen LogP) is 5.20. The summed E-state index contributed by atoms with van der Waals surface area (Å²) in [5.41, 5.74) is 3.02. The maximum Gasteiger partial charge on any atom is 0.272 e. The Hall–Kier alpha value is -5.48. The molecule has 2 heterocycles. The van der Waals surface area contributed by atoms with Crippen molar-refractivity contribution in [3.63, 3.8) is 0 Å². The van der Waals surface area contributed by atoms with Gasteiger partial charge in [0, 0.05) is 74.6 Å². The lowest BCUT2D eigenvalue weighted by Gasteiger charge is -2.20. The van der Waals surface area contributed by atoms with Crippen molar-refractivity contribution in [3.05, 3.63) is 93.6 Å². The molecule has 0 radical (unpaired) electrons. The Kier molecular flexibility index (Phi) is 14.7. The summed E-state index contributed by atoms with van der Waals surface area (Å²) in [5.74, 6) is 11.5. The van der Waals surface area contributed by atoms with E-state index < -0.39 is 0 Å². The Morgan fingerprint density at radius 1 is 0.420 bits per heavy atom. The molecule has 0 fully saturated rings. The van der Waals surface area contributed by atoms with Crippen molar-refractivity contribution in [2.75, 3.05) is 52.4 Å². The molecule has 0 unspecified atom stereocenters. The predicted molar refractivity (Wildman–Crippen MR) is 196 cm³/mol. The first-order chi connectivity index (χ1) is 24.1. The smallest absolute Gasteiger partial charge is 0.272 e. The number of amides is 4. The van der Waals surface area contributed by atoms with Gasteiger partial charge in [-0.1, -0.05) is 29.7 Å². The molecule has 0 N–H and O–H groups in total. The summed E-state index contributed by atoms with van der Waals surface area (Å²) >= 11 is 0. The van der Waals surface area contributed by atoms with Crippen molar-refractivity contribution >= 4 is 23.6 Å². The molecule has 10 heteroatoms. The van der Waals surface area contributed by atoms with Crippen LogP contribution in [0, 0.1) is 23.7 Å². The van der Waals surface area contributed by atoms with Crippen molar-refractivity contribution in [1.29, 1.82) is 0 Å². The standard InChI is InChI=1S/C40H48N6O4/c1-9-43(10-2)37(47)33-25-31(26-34(41-33)38(48)44(11-3)12-4)22-20-29-18-17-19-30(24-29)21-23-32-27-35(39(49)45(13-5)14-6)42-36(28-32)40(50)46(15-7)16-8/h17-19,24-28H,9-16H2,1-8H3. The molecular formula is C40H48N6O4. The molecule has 0 saturated carbocycles. The quantitative estimate of drug-likeness (QED) is 0.244. The van der Waals surface area contributed by atoms with E-state index in [1.165, 1.54) is 0 Å². The zero-order valence-corrected chi connectivity index (χ0v) is 30.6. The molecule has 0 aliphatic carbocycles. The minimum absolute atomic E-state index is 0.172.